The number of amides is 1. The number of carbonyl (C=O) groups is 1. The standard InChI is InChI=1S/C12H18N2O2/c1-2-11(15)8-14-7-9-4-3-5-10(6-9)12(13)16/h3-6,11,14-15H,2,7-8H2,1H3,(H2,13,16). The van der Waals surface area contributed by atoms with Gasteiger partial charge >= 0.3 is 0 Å². The molecule has 16 heavy (non-hydrogen) atoms. The van der Waals surface area contributed by atoms with Gasteiger partial charge in [0, 0.05) is 18.7 Å². The number of rotatable bonds is 6. The van der Waals surface area contributed by atoms with Crippen molar-refractivity contribution in [3.05, 3.63) is 35.4 Å². The molecule has 0 saturated heterocycles. The maximum absolute atomic E-state index is 10.9. The van der Waals surface area contributed by atoms with Gasteiger partial charge in [-0.2, -0.15) is 0 Å². The van der Waals surface area contributed by atoms with Crippen LogP contribution in [0.15, 0.2) is 24.3 Å². The van der Waals surface area contributed by atoms with Crippen molar-refractivity contribution >= 4 is 5.91 Å². The van der Waals surface area contributed by atoms with E-state index in [4.69, 9.17) is 5.73 Å². The zero-order chi connectivity index (χ0) is 12.0. The molecule has 1 rings (SSSR count). The average Bonchev–Trinajstić information content (AvgIpc) is 2.29. The van der Waals surface area contributed by atoms with Gasteiger partial charge < -0.3 is 16.2 Å². The average molecular weight is 222 g/mol. The minimum atomic E-state index is -0.421. The lowest BCUT2D eigenvalue weighted by Gasteiger charge is -2.09. The highest BCUT2D eigenvalue weighted by Crippen LogP contribution is 2.04. The van der Waals surface area contributed by atoms with E-state index in [1.54, 1.807) is 18.2 Å². The van der Waals surface area contributed by atoms with Gasteiger partial charge in [0.2, 0.25) is 5.91 Å². The third-order valence-electron chi connectivity index (χ3n) is 2.39. The van der Waals surface area contributed by atoms with Crippen LogP contribution in [0.3, 0.4) is 0 Å². The maximum Gasteiger partial charge on any atom is 0.248 e. The van der Waals surface area contributed by atoms with Crippen LogP contribution in [-0.4, -0.2) is 23.7 Å². The second-order valence-corrected chi connectivity index (χ2v) is 3.76. The number of aliphatic hydroxyl groups excluding tert-OH is 1. The molecule has 4 nitrogen and oxygen atoms in total. The largest absolute Gasteiger partial charge is 0.392 e. The number of nitrogens with one attached hydrogen (secondary N) is 1. The molecule has 4 N–H and O–H groups in total. The molecule has 88 valence electrons. The molecule has 0 spiro atoms. The summed E-state index contributed by atoms with van der Waals surface area (Å²) in [7, 11) is 0. The van der Waals surface area contributed by atoms with Crippen molar-refractivity contribution in [3.8, 4) is 0 Å². The van der Waals surface area contributed by atoms with Crippen molar-refractivity contribution in [2.45, 2.75) is 26.0 Å². The van der Waals surface area contributed by atoms with E-state index in [9.17, 15) is 9.90 Å². The Morgan fingerprint density at radius 2 is 2.31 bits per heavy atom. The Hall–Kier alpha value is -1.39. The Kier molecular flexibility index (Phi) is 4.95. The third kappa shape index (κ3) is 4.00. The smallest absolute Gasteiger partial charge is 0.248 e. The number of benzene rings is 1. The van der Waals surface area contributed by atoms with Crippen LogP contribution < -0.4 is 11.1 Å². The summed E-state index contributed by atoms with van der Waals surface area (Å²) in [5.41, 5.74) is 6.68. The van der Waals surface area contributed by atoms with Gasteiger partial charge in [-0.05, 0) is 24.1 Å². The van der Waals surface area contributed by atoms with Crippen molar-refractivity contribution in [2.24, 2.45) is 5.73 Å². The summed E-state index contributed by atoms with van der Waals surface area (Å²) in [6, 6.07) is 7.16. The second kappa shape index (κ2) is 6.25. The van der Waals surface area contributed by atoms with E-state index >= 15 is 0 Å². The number of primary amides is 1. The minimum absolute atomic E-state index is 0.320. The SMILES string of the molecule is CCC(O)CNCc1cccc(C(N)=O)c1. The molecular weight excluding hydrogens is 204 g/mol. The van der Waals surface area contributed by atoms with Crippen LogP contribution in [-0.2, 0) is 6.54 Å². The molecule has 0 aliphatic heterocycles. The van der Waals surface area contributed by atoms with Gasteiger partial charge in [0.15, 0.2) is 0 Å². The van der Waals surface area contributed by atoms with Gasteiger partial charge in [-0.1, -0.05) is 19.1 Å². The normalized spacial score (nSPS) is 12.4. The highest BCUT2D eigenvalue weighted by molar-refractivity contribution is 5.92. The minimum Gasteiger partial charge on any atom is -0.392 e. The number of hydrogen-bond acceptors (Lipinski definition) is 3. The predicted octanol–water partition coefficient (Wildman–Crippen LogP) is 0.646. The summed E-state index contributed by atoms with van der Waals surface area (Å²) in [5, 5.41) is 12.5. The highest BCUT2D eigenvalue weighted by atomic mass is 16.3. The van der Waals surface area contributed by atoms with E-state index in [-0.39, 0.29) is 6.10 Å². The Bertz CT molecular complexity index is 353. The molecule has 0 aliphatic rings. The molecule has 0 aliphatic carbocycles. The van der Waals surface area contributed by atoms with E-state index in [1.165, 1.54) is 0 Å². The van der Waals surface area contributed by atoms with Gasteiger partial charge in [0.1, 0.15) is 0 Å². The highest BCUT2D eigenvalue weighted by Gasteiger charge is 2.02. The van der Waals surface area contributed by atoms with Crippen LogP contribution in [0, 0.1) is 0 Å². The lowest BCUT2D eigenvalue weighted by Crippen LogP contribution is -2.25. The van der Waals surface area contributed by atoms with E-state index in [2.05, 4.69) is 5.32 Å². The molecule has 1 aromatic rings. The lowest BCUT2D eigenvalue weighted by atomic mass is 10.1. The fourth-order valence-electron chi connectivity index (χ4n) is 1.36. The quantitative estimate of drug-likeness (QED) is 0.661. The Labute approximate surface area is 95.5 Å². The summed E-state index contributed by atoms with van der Waals surface area (Å²) >= 11 is 0. The Balaban J connectivity index is 2.48. The first-order chi connectivity index (χ1) is 7.63. The first kappa shape index (κ1) is 12.7. The van der Waals surface area contributed by atoms with Crippen LogP contribution in [0.1, 0.15) is 29.3 Å². The fourth-order valence-corrected chi connectivity index (χ4v) is 1.36. The Morgan fingerprint density at radius 1 is 1.56 bits per heavy atom. The van der Waals surface area contributed by atoms with Crippen molar-refractivity contribution in [1.82, 2.24) is 5.32 Å². The summed E-state index contributed by atoms with van der Waals surface area (Å²) in [6.07, 6.45) is 0.410. The number of hydrogen-bond donors (Lipinski definition) is 3. The molecule has 0 heterocycles. The fraction of sp³-hybridized carbons (Fsp3) is 0.417. The summed E-state index contributed by atoms with van der Waals surface area (Å²) in [4.78, 5) is 10.9. The Morgan fingerprint density at radius 3 is 2.94 bits per heavy atom. The van der Waals surface area contributed by atoms with Gasteiger partial charge in [-0.3, -0.25) is 4.79 Å². The second-order valence-electron chi connectivity index (χ2n) is 3.76. The zero-order valence-electron chi connectivity index (χ0n) is 9.44. The predicted molar refractivity (Wildman–Crippen MR) is 63.0 cm³/mol. The summed E-state index contributed by atoms with van der Waals surface area (Å²) in [6.45, 7) is 3.11. The molecule has 1 aromatic carbocycles. The van der Waals surface area contributed by atoms with E-state index < -0.39 is 5.91 Å². The van der Waals surface area contributed by atoms with Crippen LogP contribution >= 0.6 is 0 Å². The van der Waals surface area contributed by atoms with Crippen LogP contribution in [0.4, 0.5) is 0 Å². The molecule has 0 saturated carbocycles. The van der Waals surface area contributed by atoms with Crippen LogP contribution in [0.25, 0.3) is 0 Å². The lowest BCUT2D eigenvalue weighted by molar-refractivity contribution is 0.1000. The third-order valence-corrected chi connectivity index (χ3v) is 2.39. The van der Waals surface area contributed by atoms with Gasteiger partial charge in [0.25, 0.3) is 0 Å². The maximum atomic E-state index is 10.9. The molecular formula is C12H18N2O2. The van der Waals surface area contributed by atoms with Gasteiger partial charge in [-0.15, -0.1) is 0 Å². The van der Waals surface area contributed by atoms with Crippen LogP contribution in [0.2, 0.25) is 0 Å². The van der Waals surface area contributed by atoms with Crippen molar-refractivity contribution in [2.75, 3.05) is 6.54 Å². The monoisotopic (exact) mass is 222 g/mol. The molecule has 4 heteroatoms. The molecule has 1 amide bonds. The first-order valence-corrected chi connectivity index (χ1v) is 5.41. The molecule has 0 bridgehead atoms. The zero-order valence-corrected chi connectivity index (χ0v) is 9.44. The van der Waals surface area contributed by atoms with Crippen LogP contribution in [0.5, 0.6) is 0 Å². The molecule has 1 atom stereocenters. The van der Waals surface area contributed by atoms with E-state index in [1.807, 2.05) is 13.0 Å². The number of nitrogens with two attached hydrogens (primary N) is 1. The molecule has 1 unspecified atom stereocenters. The number of carbonyl (C=O) groups excluding carboxylic acids is 1. The molecule has 0 aromatic heterocycles. The topological polar surface area (TPSA) is 75.3 Å². The van der Waals surface area contributed by atoms with E-state index in [0.29, 0.717) is 18.7 Å². The van der Waals surface area contributed by atoms with Crippen molar-refractivity contribution in [1.29, 1.82) is 0 Å². The number of aliphatic hydroxyl groups is 1. The summed E-state index contributed by atoms with van der Waals surface area (Å²) in [5.74, 6) is -0.421. The summed E-state index contributed by atoms with van der Waals surface area (Å²) < 4.78 is 0. The van der Waals surface area contributed by atoms with Crippen molar-refractivity contribution in [3.63, 3.8) is 0 Å². The van der Waals surface area contributed by atoms with Gasteiger partial charge in [0.05, 0.1) is 6.10 Å². The van der Waals surface area contributed by atoms with Crippen molar-refractivity contribution < 1.29 is 9.90 Å². The van der Waals surface area contributed by atoms with Gasteiger partial charge in [-0.25, -0.2) is 0 Å². The molecule has 0 radical (unpaired) electrons. The molecule has 0 fully saturated rings. The van der Waals surface area contributed by atoms with E-state index in [0.717, 1.165) is 12.0 Å². The first-order valence-electron chi connectivity index (χ1n) is 5.41.